The Hall–Kier alpha value is -1.88. The average molecular weight is 288 g/mol. The predicted octanol–water partition coefficient (Wildman–Crippen LogP) is 1.81. The smallest absolute Gasteiger partial charge is 0.251 e. The van der Waals surface area contributed by atoms with Crippen LogP contribution in [0.1, 0.15) is 26.2 Å². The fourth-order valence-electron chi connectivity index (χ4n) is 3.08. The molecule has 5 heteroatoms. The number of benzene rings is 1. The molecule has 0 aliphatic carbocycles. The van der Waals surface area contributed by atoms with E-state index in [1.54, 1.807) is 24.3 Å². The number of ether oxygens (including phenoxy) is 1. The van der Waals surface area contributed by atoms with E-state index in [0.29, 0.717) is 18.7 Å². The zero-order chi connectivity index (χ0) is 14.8. The number of hydrogen-bond donors (Lipinski definition) is 0. The first kappa shape index (κ1) is 14.1. The van der Waals surface area contributed by atoms with Crippen LogP contribution >= 0.6 is 0 Å². The summed E-state index contributed by atoms with van der Waals surface area (Å²) >= 11 is 0. The second-order valence-electron chi connectivity index (χ2n) is 5.46. The van der Waals surface area contributed by atoms with Crippen LogP contribution in [0.5, 0.6) is 5.75 Å². The highest BCUT2D eigenvalue weighted by Crippen LogP contribution is 2.28. The molecule has 5 nitrogen and oxygen atoms in total. The van der Waals surface area contributed by atoms with Gasteiger partial charge in [0.2, 0.25) is 5.91 Å². The molecule has 2 fully saturated rings. The van der Waals surface area contributed by atoms with E-state index in [4.69, 9.17) is 4.74 Å². The van der Waals surface area contributed by atoms with Crippen LogP contribution in [-0.2, 0) is 9.59 Å². The summed E-state index contributed by atoms with van der Waals surface area (Å²) in [4.78, 5) is 28.2. The van der Waals surface area contributed by atoms with E-state index in [9.17, 15) is 9.59 Å². The summed E-state index contributed by atoms with van der Waals surface area (Å²) in [6.45, 7) is 4.35. The summed E-state index contributed by atoms with van der Waals surface area (Å²) in [7, 11) is 0. The first-order chi connectivity index (χ1) is 10.2. The van der Waals surface area contributed by atoms with Crippen molar-refractivity contribution in [1.29, 1.82) is 0 Å². The number of nitrogens with zero attached hydrogens (tertiary/aromatic N) is 2. The molecule has 1 aromatic rings. The largest absolute Gasteiger partial charge is 0.494 e. The van der Waals surface area contributed by atoms with Crippen molar-refractivity contribution in [2.75, 3.05) is 24.6 Å². The Labute approximate surface area is 124 Å². The Balaban J connectivity index is 1.78. The Bertz CT molecular complexity index is 535. The van der Waals surface area contributed by atoms with E-state index in [1.807, 2.05) is 6.92 Å². The third kappa shape index (κ3) is 2.65. The number of carbonyl (C=O) groups is 2. The average Bonchev–Trinajstić information content (AvgIpc) is 3.09. The molecule has 0 radical (unpaired) electrons. The Morgan fingerprint density at radius 3 is 2.43 bits per heavy atom. The van der Waals surface area contributed by atoms with Crippen LogP contribution in [0, 0.1) is 0 Å². The lowest BCUT2D eigenvalue weighted by Gasteiger charge is -2.21. The van der Waals surface area contributed by atoms with Crippen LogP contribution in [0.3, 0.4) is 0 Å². The zero-order valence-electron chi connectivity index (χ0n) is 12.2. The van der Waals surface area contributed by atoms with E-state index in [2.05, 4.69) is 4.90 Å². The maximum atomic E-state index is 12.5. The van der Waals surface area contributed by atoms with Gasteiger partial charge in [0.1, 0.15) is 5.75 Å². The number of carbonyl (C=O) groups excluding carboxylic acids is 2. The standard InChI is InChI=1S/C16H20N2O3/c1-2-21-13-7-5-12(6-8-13)18-15(19)11-14(16(18)20)17-9-3-4-10-17/h5-8,14H,2-4,9-11H2,1H3/t14-/m0/s1. The second kappa shape index (κ2) is 5.85. The normalized spacial score (nSPS) is 23.1. The fraction of sp³-hybridized carbons (Fsp3) is 0.500. The van der Waals surface area contributed by atoms with Crippen molar-refractivity contribution in [3.05, 3.63) is 24.3 Å². The molecule has 2 aliphatic heterocycles. The Morgan fingerprint density at radius 2 is 1.81 bits per heavy atom. The summed E-state index contributed by atoms with van der Waals surface area (Å²) in [6, 6.07) is 6.86. The van der Waals surface area contributed by atoms with Crippen molar-refractivity contribution >= 4 is 17.5 Å². The van der Waals surface area contributed by atoms with Crippen molar-refractivity contribution in [3.63, 3.8) is 0 Å². The number of anilines is 1. The van der Waals surface area contributed by atoms with Gasteiger partial charge in [0.15, 0.2) is 0 Å². The summed E-state index contributed by atoms with van der Waals surface area (Å²) in [6.07, 6.45) is 2.52. The van der Waals surface area contributed by atoms with Gasteiger partial charge in [-0.15, -0.1) is 0 Å². The molecule has 0 bridgehead atoms. The summed E-state index contributed by atoms with van der Waals surface area (Å²) in [5.41, 5.74) is 0.634. The number of rotatable bonds is 4. The van der Waals surface area contributed by atoms with Crippen LogP contribution in [0.2, 0.25) is 0 Å². The second-order valence-corrected chi connectivity index (χ2v) is 5.46. The van der Waals surface area contributed by atoms with Gasteiger partial charge >= 0.3 is 0 Å². The third-order valence-corrected chi connectivity index (χ3v) is 4.11. The molecular formula is C16H20N2O3. The highest BCUT2D eigenvalue weighted by atomic mass is 16.5. The summed E-state index contributed by atoms with van der Waals surface area (Å²) in [5, 5.41) is 0. The third-order valence-electron chi connectivity index (χ3n) is 4.11. The molecule has 0 N–H and O–H groups in total. The van der Waals surface area contributed by atoms with E-state index >= 15 is 0 Å². The van der Waals surface area contributed by atoms with E-state index in [1.165, 1.54) is 4.90 Å². The maximum absolute atomic E-state index is 12.5. The lowest BCUT2D eigenvalue weighted by atomic mass is 10.2. The van der Waals surface area contributed by atoms with E-state index in [-0.39, 0.29) is 17.9 Å². The molecule has 3 rings (SSSR count). The highest BCUT2D eigenvalue weighted by Gasteiger charge is 2.43. The maximum Gasteiger partial charge on any atom is 0.251 e. The monoisotopic (exact) mass is 288 g/mol. The van der Waals surface area contributed by atoms with Crippen molar-refractivity contribution in [3.8, 4) is 5.75 Å². The fourth-order valence-corrected chi connectivity index (χ4v) is 3.08. The van der Waals surface area contributed by atoms with E-state index < -0.39 is 0 Å². The SMILES string of the molecule is CCOc1ccc(N2C(=O)C[C@H](N3CCCC3)C2=O)cc1. The van der Waals surface area contributed by atoms with Crippen LogP contribution < -0.4 is 9.64 Å². The molecule has 2 saturated heterocycles. The highest BCUT2D eigenvalue weighted by molar-refractivity contribution is 6.22. The Kier molecular flexibility index (Phi) is 3.92. The van der Waals surface area contributed by atoms with E-state index in [0.717, 1.165) is 31.7 Å². The first-order valence-corrected chi connectivity index (χ1v) is 7.54. The van der Waals surface area contributed by atoms with Crippen molar-refractivity contribution in [2.24, 2.45) is 0 Å². The van der Waals surface area contributed by atoms with Gasteiger partial charge in [0, 0.05) is 0 Å². The first-order valence-electron chi connectivity index (χ1n) is 7.54. The minimum Gasteiger partial charge on any atom is -0.494 e. The minimum absolute atomic E-state index is 0.0916. The number of amides is 2. The van der Waals surface area contributed by atoms with Gasteiger partial charge in [0.25, 0.3) is 5.91 Å². The molecule has 21 heavy (non-hydrogen) atoms. The van der Waals surface area contributed by atoms with Crippen LogP contribution in [0.25, 0.3) is 0 Å². The van der Waals surface area contributed by atoms with Crippen molar-refractivity contribution in [1.82, 2.24) is 4.90 Å². The Morgan fingerprint density at radius 1 is 1.14 bits per heavy atom. The van der Waals surface area contributed by atoms with Crippen molar-refractivity contribution in [2.45, 2.75) is 32.2 Å². The summed E-state index contributed by atoms with van der Waals surface area (Å²) in [5.74, 6) is 0.545. The molecule has 1 aromatic carbocycles. The lowest BCUT2D eigenvalue weighted by molar-refractivity contribution is -0.122. The molecular weight excluding hydrogens is 268 g/mol. The predicted molar refractivity (Wildman–Crippen MR) is 79.3 cm³/mol. The molecule has 2 aliphatic rings. The quantitative estimate of drug-likeness (QED) is 0.793. The molecule has 0 spiro atoms. The van der Waals surface area contributed by atoms with Gasteiger partial charge in [0.05, 0.1) is 24.8 Å². The molecule has 112 valence electrons. The molecule has 0 unspecified atom stereocenters. The number of hydrogen-bond acceptors (Lipinski definition) is 4. The summed E-state index contributed by atoms with van der Waals surface area (Å²) < 4.78 is 5.38. The van der Waals surface area contributed by atoms with Gasteiger partial charge in [-0.25, -0.2) is 4.90 Å². The van der Waals surface area contributed by atoms with Crippen molar-refractivity contribution < 1.29 is 14.3 Å². The minimum atomic E-state index is -0.272. The van der Waals surface area contributed by atoms with Crippen LogP contribution in [-0.4, -0.2) is 42.5 Å². The molecule has 0 saturated carbocycles. The molecule has 1 atom stereocenters. The van der Waals surface area contributed by atoms with Gasteiger partial charge < -0.3 is 4.74 Å². The molecule has 0 aromatic heterocycles. The zero-order valence-corrected chi connectivity index (χ0v) is 12.2. The van der Waals surface area contributed by atoms with Gasteiger partial charge in [-0.2, -0.15) is 0 Å². The number of likely N-dealkylation sites (tertiary alicyclic amines) is 1. The topological polar surface area (TPSA) is 49.9 Å². The number of imide groups is 1. The molecule has 2 amide bonds. The van der Waals surface area contributed by atoms with Gasteiger partial charge in [-0.05, 0) is 57.1 Å². The van der Waals surface area contributed by atoms with Gasteiger partial charge in [-0.1, -0.05) is 0 Å². The molecule has 2 heterocycles. The van der Waals surface area contributed by atoms with Crippen LogP contribution in [0.15, 0.2) is 24.3 Å². The van der Waals surface area contributed by atoms with Crippen LogP contribution in [0.4, 0.5) is 5.69 Å². The lowest BCUT2D eigenvalue weighted by Crippen LogP contribution is -2.40. The van der Waals surface area contributed by atoms with Gasteiger partial charge in [-0.3, -0.25) is 14.5 Å².